The molecule has 6 nitrogen and oxygen atoms in total. The van der Waals surface area contributed by atoms with E-state index >= 15 is 0 Å². The Balaban J connectivity index is 2.19. The second-order valence-electron chi connectivity index (χ2n) is 5.29. The lowest BCUT2D eigenvalue weighted by Crippen LogP contribution is -2.45. The van der Waals surface area contributed by atoms with Gasteiger partial charge in [-0.3, -0.25) is 4.79 Å². The number of hydrogen-bond acceptors (Lipinski definition) is 4. The number of amides is 1. The number of halogens is 2. The Labute approximate surface area is 145 Å². The van der Waals surface area contributed by atoms with Gasteiger partial charge in [-0.15, -0.1) is 0 Å². The maximum absolute atomic E-state index is 12.8. The Bertz CT molecular complexity index is 681. The molecule has 23 heavy (non-hydrogen) atoms. The van der Waals surface area contributed by atoms with Gasteiger partial charge in [-0.2, -0.15) is 4.31 Å². The molecule has 128 valence electrons. The van der Waals surface area contributed by atoms with E-state index in [2.05, 4.69) is 5.32 Å². The number of benzene rings is 1. The van der Waals surface area contributed by atoms with Crippen LogP contribution in [0.15, 0.2) is 23.1 Å². The fraction of sp³-hybridized carbons (Fsp3) is 0.500. The summed E-state index contributed by atoms with van der Waals surface area (Å²) in [7, 11) is -3.81. The Morgan fingerprint density at radius 1 is 1.39 bits per heavy atom. The molecule has 0 aromatic heterocycles. The highest BCUT2D eigenvalue weighted by molar-refractivity contribution is 7.89. The van der Waals surface area contributed by atoms with Crippen LogP contribution in [0, 0.1) is 5.92 Å². The summed E-state index contributed by atoms with van der Waals surface area (Å²) in [6, 6.07) is 4.27. The number of carbonyl (C=O) groups excluding carboxylic acids is 1. The number of sulfonamides is 1. The van der Waals surface area contributed by atoms with Crippen molar-refractivity contribution < 1.29 is 18.3 Å². The molecule has 2 N–H and O–H groups in total. The highest BCUT2D eigenvalue weighted by Crippen LogP contribution is 2.30. The summed E-state index contributed by atoms with van der Waals surface area (Å²) in [4.78, 5) is 11.9. The lowest BCUT2D eigenvalue weighted by atomic mass is 9.99. The first-order chi connectivity index (χ1) is 10.9. The summed E-state index contributed by atoms with van der Waals surface area (Å²) in [5.74, 6) is -0.695. The van der Waals surface area contributed by atoms with Gasteiger partial charge in [-0.25, -0.2) is 8.42 Å². The molecule has 1 aliphatic rings. The van der Waals surface area contributed by atoms with Crippen molar-refractivity contribution in [1.82, 2.24) is 9.62 Å². The van der Waals surface area contributed by atoms with Crippen LogP contribution >= 0.6 is 23.2 Å². The summed E-state index contributed by atoms with van der Waals surface area (Å²) >= 11 is 11.9. The molecule has 0 spiro atoms. The number of aliphatic hydroxyl groups is 1. The van der Waals surface area contributed by atoms with Gasteiger partial charge < -0.3 is 10.4 Å². The van der Waals surface area contributed by atoms with Gasteiger partial charge >= 0.3 is 0 Å². The van der Waals surface area contributed by atoms with E-state index in [0.29, 0.717) is 19.4 Å². The van der Waals surface area contributed by atoms with E-state index in [-0.39, 0.29) is 40.5 Å². The first-order valence-electron chi connectivity index (χ1n) is 7.20. The summed E-state index contributed by atoms with van der Waals surface area (Å²) in [6.07, 6.45) is 1.18. The molecule has 1 amide bonds. The Kier molecular flexibility index (Phi) is 6.27. The van der Waals surface area contributed by atoms with E-state index in [4.69, 9.17) is 28.3 Å². The van der Waals surface area contributed by atoms with Gasteiger partial charge in [0.1, 0.15) is 4.90 Å². The van der Waals surface area contributed by atoms with Gasteiger partial charge in [0.15, 0.2) is 0 Å². The predicted octanol–water partition coefficient (Wildman–Crippen LogP) is 1.50. The first-order valence-corrected chi connectivity index (χ1v) is 9.39. The van der Waals surface area contributed by atoms with Crippen LogP contribution in [0.3, 0.4) is 0 Å². The van der Waals surface area contributed by atoms with E-state index in [1.54, 1.807) is 0 Å². The number of aliphatic hydroxyl groups excluding tert-OH is 1. The molecule has 0 bridgehead atoms. The first kappa shape index (κ1) is 18.5. The smallest absolute Gasteiger partial charge is 0.244 e. The molecule has 2 rings (SSSR count). The van der Waals surface area contributed by atoms with Gasteiger partial charge in [0.05, 0.1) is 17.5 Å². The minimum atomic E-state index is -3.81. The van der Waals surface area contributed by atoms with Crippen LogP contribution in [0.5, 0.6) is 0 Å². The zero-order valence-corrected chi connectivity index (χ0v) is 14.7. The van der Waals surface area contributed by atoms with Crippen molar-refractivity contribution in [2.24, 2.45) is 5.92 Å². The lowest BCUT2D eigenvalue weighted by Gasteiger charge is -2.31. The summed E-state index contributed by atoms with van der Waals surface area (Å²) in [5.41, 5.74) is 0. The molecule has 0 radical (unpaired) electrons. The average Bonchev–Trinajstić information content (AvgIpc) is 2.54. The topological polar surface area (TPSA) is 86.7 Å². The van der Waals surface area contributed by atoms with Crippen molar-refractivity contribution in [3.63, 3.8) is 0 Å². The molecule has 1 fully saturated rings. The molecule has 9 heteroatoms. The number of nitrogens with zero attached hydrogens (tertiary/aromatic N) is 1. The minimum Gasteiger partial charge on any atom is -0.395 e. The molecule has 1 unspecified atom stereocenters. The van der Waals surface area contributed by atoms with Gasteiger partial charge in [0.25, 0.3) is 0 Å². The van der Waals surface area contributed by atoms with Crippen LogP contribution in [0.1, 0.15) is 12.8 Å². The summed E-state index contributed by atoms with van der Waals surface area (Å²) in [5, 5.41) is 11.7. The summed E-state index contributed by atoms with van der Waals surface area (Å²) < 4.78 is 26.8. The molecule has 1 aromatic rings. The quantitative estimate of drug-likeness (QED) is 0.810. The second-order valence-corrected chi connectivity index (χ2v) is 8.04. The van der Waals surface area contributed by atoms with Crippen LogP contribution < -0.4 is 5.32 Å². The van der Waals surface area contributed by atoms with E-state index in [1.807, 2.05) is 0 Å². The largest absolute Gasteiger partial charge is 0.395 e. The number of carbonyl (C=O) groups is 1. The molecule has 1 saturated heterocycles. The molecule has 1 aliphatic heterocycles. The van der Waals surface area contributed by atoms with E-state index in [9.17, 15) is 13.2 Å². The third-order valence-corrected chi connectivity index (χ3v) is 6.26. The maximum Gasteiger partial charge on any atom is 0.244 e. The van der Waals surface area contributed by atoms with Crippen molar-refractivity contribution >= 4 is 39.1 Å². The van der Waals surface area contributed by atoms with Crippen molar-refractivity contribution in [3.8, 4) is 0 Å². The molecule has 1 aromatic carbocycles. The maximum atomic E-state index is 12.8. The molecular formula is C14H18Cl2N2O4S. The van der Waals surface area contributed by atoms with E-state index in [1.165, 1.54) is 22.5 Å². The minimum absolute atomic E-state index is 0.0527. The van der Waals surface area contributed by atoms with E-state index in [0.717, 1.165) is 0 Å². The third kappa shape index (κ3) is 4.36. The molecule has 0 saturated carbocycles. The van der Waals surface area contributed by atoms with Crippen LogP contribution in [-0.2, 0) is 14.8 Å². The van der Waals surface area contributed by atoms with Gasteiger partial charge in [0, 0.05) is 24.7 Å². The van der Waals surface area contributed by atoms with Gasteiger partial charge in [0.2, 0.25) is 15.9 Å². The standard InChI is InChI=1S/C14H18Cl2N2O4S/c15-11-3-4-12(16)13(8-11)23(21,22)18-6-1-2-10(9-18)14(20)17-5-7-19/h3-4,8,10,19H,1-2,5-7,9H2,(H,17,20). The van der Waals surface area contributed by atoms with Crippen molar-refractivity contribution in [3.05, 3.63) is 28.2 Å². The van der Waals surface area contributed by atoms with Crippen LogP contribution in [0.2, 0.25) is 10.0 Å². The Morgan fingerprint density at radius 2 is 2.13 bits per heavy atom. The highest BCUT2D eigenvalue weighted by Gasteiger charge is 2.34. The summed E-state index contributed by atoms with van der Waals surface area (Å²) in [6.45, 7) is 0.415. The normalized spacial score (nSPS) is 19.5. The fourth-order valence-corrected chi connectivity index (χ4v) is 4.77. The molecule has 0 aliphatic carbocycles. The average molecular weight is 381 g/mol. The molecule has 1 atom stereocenters. The Hall–Kier alpha value is -0.860. The van der Waals surface area contributed by atoms with Gasteiger partial charge in [-0.1, -0.05) is 23.2 Å². The SMILES string of the molecule is O=C(NCCO)C1CCCN(S(=O)(=O)c2cc(Cl)ccc2Cl)C1. The monoisotopic (exact) mass is 380 g/mol. The van der Waals surface area contributed by atoms with E-state index < -0.39 is 15.9 Å². The van der Waals surface area contributed by atoms with Crippen LogP contribution in [0.4, 0.5) is 0 Å². The Morgan fingerprint density at radius 3 is 2.83 bits per heavy atom. The van der Waals surface area contributed by atoms with Gasteiger partial charge in [-0.05, 0) is 31.0 Å². The van der Waals surface area contributed by atoms with Crippen LogP contribution in [0.25, 0.3) is 0 Å². The highest BCUT2D eigenvalue weighted by atomic mass is 35.5. The number of piperidine rings is 1. The molecular weight excluding hydrogens is 363 g/mol. The number of hydrogen-bond donors (Lipinski definition) is 2. The zero-order chi connectivity index (χ0) is 17.0. The van der Waals surface area contributed by atoms with Crippen molar-refractivity contribution in [2.45, 2.75) is 17.7 Å². The second kappa shape index (κ2) is 7.81. The lowest BCUT2D eigenvalue weighted by molar-refractivity contribution is -0.126. The number of rotatable bonds is 5. The zero-order valence-electron chi connectivity index (χ0n) is 12.3. The predicted molar refractivity (Wildman–Crippen MR) is 88.0 cm³/mol. The number of nitrogens with one attached hydrogen (secondary N) is 1. The van der Waals surface area contributed by atoms with Crippen molar-refractivity contribution in [2.75, 3.05) is 26.2 Å². The van der Waals surface area contributed by atoms with Crippen LogP contribution in [-0.4, -0.2) is 50.0 Å². The molecule has 1 heterocycles. The third-order valence-electron chi connectivity index (χ3n) is 3.68. The van der Waals surface area contributed by atoms with Crippen molar-refractivity contribution in [1.29, 1.82) is 0 Å². The fourth-order valence-electron chi connectivity index (χ4n) is 2.51.